The van der Waals surface area contributed by atoms with Gasteiger partial charge in [-0.15, -0.1) is 0 Å². The summed E-state index contributed by atoms with van der Waals surface area (Å²) in [7, 11) is 0. The Labute approximate surface area is 135 Å². The standard InChI is InChI=1S/C18H22N2O3/c1-11-7-15-14(10-23-16(15)8-12(11)2)9-17(21)20-5-3-13(4-6-20)18(19)22/h7-8,10,13H,3-6,9H2,1-2H3,(H2,19,22). The predicted octanol–water partition coefficient (Wildman–Crippen LogP) is 2.32. The summed E-state index contributed by atoms with van der Waals surface area (Å²) >= 11 is 0. The highest BCUT2D eigenvalue weighted by molar-refractivity contribution is 5.88. The topological polar surface area (TPSA) is 76.5 Å². The third kappa shape index (κ3) is 3.09. The smallest absolute Gasteiger partial charge is 0.227 e. The van der Waals surface area contributed by atoms with E-state index in [0.717, 1.165) is 16.5 Å². The first-order valence-corrected chi connectivity index (χ1v) is 8.00. The molecule has 1 aliphatic heterocycles. The van der Waals surface area contributed by atoms with Crippen LogP contribution in [-0.2, 0) is 16.0 Å². The van der Waals surface area contributed by atoms with Crippen molar-refractivity contribution >= 4 is 22.8 Å². The van der Waals surface area contributed by atoms with Crippen LogP contribution in [0.2, 0.25) is 0 Å². The van der Waals surface area contributed by atoms with Crippen molar-refractivity contribution in [1.29, 1.82) is 0 Å². The number of likely N-dealkylation sites (tertiary alicyclic amines) is 1. The largest absolute Gasteiger partial charge is 0.464 e. The third-order valence-corrected chi connectivity index (χ3v) is 4.86. The summed E-state index contributed by atoms with van der Waals surface area (Å²) in [5.41, 5.74) is 9.44. The van der Waals surface area contributed by atoms with Crippen LogP contribution in [0.5, 0.6) is 0 Å². The minimum Gasteiger partial charge on any atom is -0.464 e. The van der Waals surface area contributed by atoms with Crippen molar-refractivity contribution in [3.8, 4) is 0 Å². The van der Waals surface area contributed by atoms with Gasteiger partial charge < -0.3 is 15.1 Å². The van der Waals surface area contributed by atoms with Crippen LogP contribution in [0.1, 0.15) is 29.5 Å². The number of aryl methyl sites for hydroxylation is 2. The maximum absolute atomic E-state index is 12.5. The number of piperidine rings is 1. The molecule has 1 aliphatic rings. The molecule has 0 atom stereocenters. The van der Waals surface area contributed by atoms with Crippen molar-refractivity contribution in [2.45, 2.75) is 33.1 Å². The Morgan fingerprint density at radius 3 is 2.52 bits per heavy atom. The molecule has 0 saturated carbocycles. The van der Waals surface area contributed by atoms with E-state index >= 15 is 0 Å². The quantitative estimate of drug-likeness (QED) is 0.944. The van der Waals surface area contributed by atoms with Crippen LogP contribution >= 0.6 is 0 Å². The zero-order chi connectivity index (χ0) is 16.6. The molecule has 2 aromatic rings. The molecule has 0 aliphatic carbocycles. The van der Waals surface area contributed by atoms with E-state index in [9.17, 15) is 9.59 Å². The minimum absolute atomic E-state index is 0.0776. The Kier molecular flexibility index (Phi) is 4.11. The molecule has 1 aromatic carbocycles. The maximum Gasteiger partial charge on any atom is 0.227 e. The summed E-state index contributed by atoms with van der Waals surface area (Å²) in [4.78, 5) is 25.5. The van der Waals surface area contributed by atoms with Gasteiger partial charge in [-0.25, -0.2) is 0 Å². The van der Waals surface area contributed by atoms with Gasteiger partial charge >= 0.3 is 0 Å². The Balaban J connectivity index is 1.71. The summed E-state index contributed by atoms with van der Waals surface area (Å²) in [6, 6.07) is 4.09. The first kappa shape index (κ1) is 15.6. The van der Waals surface area contributed by atoms with Gasteiger partial charge in [0.2, 0.25) is 11.8 Å². The number of fused-ring (bicyclic) bond motifs is 1. The first-order valence-electron chi connectivity index (χ1n) is 8.00. The minimum atomic E-state index is -0.260. The number of nitrogens with zero attached hydrogens (tertiary/aromatic N) is 1. The highest BCUT2D eigenvalue weighted by Crippen LogP contribution is 2.26. The van der Waals surface area contributed by atoms with Gasteiger partial charge in [-0.1, -0.05) is 0 Å². The van der Waals surface area contributed by atoms with Crippen molar-refractivity contribution in [3.63, 3.8) is 0 Å². The highest BCUT2D eigenvalue weighted by Gasteiger charge is 2.26. The molecule has 1 aromatic heterocycles. The number of primary amides is 1. The molecule has 0 unspecified atom stereocenters. The Morgan fingerprint density at radius 2 is 1.87 bits per heavy atom. The lowest BCUT2D eigenvalue weighted by Gasteiger charge is -2.30. The van der Waals surface area contributed by atoms with Gasteiger partial charge in [-0.2, -0.15) is 0 Å². The van der Waals surface area contributed by atoms with Crippen LogP contribution in [0.15, 0.2) is 22.8 Å². The van der Waals surface area contributed by atoms with Gasteiger partial charge in [-0.3, -0.25) is 9.59 Å². The van der Waals surface area contributed by atoms with Crippen molar-refractivity contribution in [1.82, 2.24) is 4.90 Å². The average molecular weight is 314 g/mol. The van der Waals surface area contributed by atoms with E-state index < -0.39 is 0 Å². The number of hydrogen-bond donors (Lipinski definition) is 1. The van der Waals surface area contributed by atoms with Gasteiger partial charge in [0.25, 0.3) is 0 Å². The van der Waals surface area contributed by atoms with E-state index in [0.29, 0.717) is 32.4 Å². The van der Waals surface area contributed by atoms with E-state index in [2.05, 4.69) is 13.0 Å². The second-order valence-corrected chi connectivity index (χ2v) is 6.43. The lowest BCUT2D eigenvalue weighted by atomic mass is 9.96. The number of rotatable bonds is 3. The van der Waals surface area contributed by atoms with Gasteiger partial charge in [0.15, 0.2) is 0 Å². The van der Waals surface area contributed by atoms with E-state index in [-0.39, 0.29) is 17.7 Å². The monoisotopic (exact) mass is 314 g/mol. The van der Waals surface area contributed by atoms with Crippen LogP contribution in [0, 0.1) is 19.8 Å². The van der Waals surface area contributed by atoms with Crippen molar-refractivity contribution in [3.05, 3.63) is 35.1 Å². The number of hydrogen-bond acceptors (Lipinski definition) is 3. The molecule has 3 rings (SSSR count). The number of benzene rings is 1. The Morgan fingerprint density at radius 1 is 1.22 bits per heavy atom. The molecule has 0 radical (unpaired) electrons. The van der Waals surface area contributed by atoms with Crippen molar-refractivity contribution < 1.29 is 14.0 Å². The lowest BCUT2D eigenvalue weighted by Crippen LogP contribution is -2.42. The average Bonchev–Trinajstić information content (AvgIpc) is 2.90. The molecule has 1 saturated heterocycles. The maximum atomic E-state index is 12.5. The van der Waals surface area contributed by atoms with Crippen LogP contribution in [0.25, 0.3) is 11.0 Å². The molecule has 0 bridgehead atoms. The second-order valence-electron chi connectivity index (χ2n) is 6.43. The SMILES string of the molecule is Cc1cc2occ(CC(=O)N3CCC(C(N)=O)CC3)c2cc1C. The zero-order valence-electron chi connectivity index (χ0n) is 13.6. The summed E-state index contributed by atoms with van der Waals surface area (Å²) < 4.78 is 5.59. The molecule has 2 amide bonds. The van der Waals surface area contributed by atoms with E-state index in [1.165, 1.54) is 11.1 Å². The fourth-order valence-electron chi connectivity index (χ4n) is 3.16. The molecule has 2 N–H and O–H groups in total. The van der Waals surface area contributed by atoms with Crippen LogP contribution in [0.3, 0.4) is 0 Å². The van der Waals surface area contributed by atoms with Crippen LogP contribution < -0.4 is 5.73 Å². The van der Waals surface area contributed by atoms with Crippen LogP contribution in [0.4, 0.5) is 0 Å². The highest BCUT2D eigenvalue weighted by atomic mass is 16.3. The molecule has 5 heteroatoms. The second kappa shape index (κ2) is 6.07. The van der Waals surface area contributed by atoms with E-state index in [1.807, 2.05) is 17.9 Å². The lowest BCUT2D eigenvalue weighted by molar-refractivity contribution is -0.134. The van der Waals surface area contributed by atoms with Gasteiger partial charge in [-0.05, 0) is 49.9 Å². The van der Waals surface area contributed by atoms with Crippen molar-refractivity contribution in [2.24, 2.45) is 11.7 Å². The third-order valence-electron chi connectivity index (χ3n) is 4.86. The van der Waals surface area contributed by atoms with Gasteiger partial charge in [0, 0.05) is 30.0 Å². The summed E-state index contributed by atoms with van der Waals surface area (Å²) in [5, 5.41) is 1.01. The number of nitrogens with two attached hydrogens (primary N) is 1. The number of furan rings is 1. The number of carbonyl (C=O) groups excluding carboxylic acids is 2. The predicted molar refractivity (Wildman–Crippen MR) is 87.9 cm³/mol. The molecular formula is C18H22N2O3. The molecule has 0 spiro atoms. The Bertz CT molecular complexity index is 755. The Hall–Kier alpha value is -2.30. The zero-order valence-corrected chi connectivity index (χ0v) is 13.6. The molecule has 2 heterocycles. The molecular weight excluding hydrogens is 292 g/mol. The molecule has 23 heavy (non-hydrogen) atoms. The molecule has 5 nitrogen and oxygen atoms in total. The first-order chi connectivity index (χ1) is 11.0. The summed E-state index contributed by atoms with van der Waals surface area (Å²) in [5.74, 6) is -0.281. The van der Waals surface area contributed by atoms with E-state index in [4.69, 9.17) is 10.2 Å². The number of amides is 2. The normalized spacial score (nSPS) is 16.0. The van der Waals surface area contributed by atoms with Crippen molar-refractivity contribution in [2.75, 3.05) is 13.1 Å². The number of carbonyl (C=O) groups is 2. The fourth-order valence-corrected chi connectivity index (χ4v) is 3.16. The van der Waals surface area contributed by atoms with Gasteiger partial charge in [0.05, 0.1) is 12.7 Å². The molecule has 122 valence electrons. The summed E-state index contributed by atoms with van der Waals surface area (Å²) in [6.45, 7) is 5.30. The summed E-state index contributed by atoms with van der Waals surface area (Å²) in [6.07, 6.45) is 3.32. The van der Waals surface area contributed by atoms with E-state index in [1.54, 1.807) is 6.26 Å². The van der Waals surface area contributed by atoms with Crippen LogP contribution in [-0.4, -0.2) is 29.8 Å². The van der Waals surface area contributed by atoms with Gasteiger partial charge in [0.1, 0.15) is 5.58 Å². The fraction of sp³-hybridized carbons (Fsp3) is 0.444. The molecule has 1 fully saturated rings.